The molecule has 4 heteroatoms. The Labute approximate surface area is 53.0 Å². The number of rotatable bonds is 3. The van der Waals surface area contributed by atoms with E-state index in [9.17, 15) is 8.78 Å². The molecule has 0 saturated heterocycles. The monoisotopic (exact) mass is 139 g/mol. The van der Waals surface area contributed by atoms with E-state index in [1.165, 1.54) is 13.8 Å². The lowest BCUT2D eigenvalue weighted by Gasteiger charge is -2.16. The van der Waals surface area contributed by atoms with Crippen molar-refractivity contribution in [3.63, 3.8) is 0 Å². The van der Waals surface area contributed by atoms with Gasteiger partial charge in [-0.2, -0.15) is 8.78 Å². The first kappa shape index (κ1) is 8.78. The zero-order chi connectivity index (χ0) is 7.49. The molecule has 0 aromatic rings. The molecule has 0 amide bonds. The highest BCUT2D eigenvalue weighted by molar-refractivity contribution is 4.53. The smallest absolute Gasteiger partial charge is 0.323 e. The van der Waals surface area contributed by atoms with Crippen LogP contribution in [-0.2, 0) is 4.74 Å². The summed E-state index contributed by atoms with van der Waals surface area (Å²) >= 11 is 0. The molecule has 0 unspecified atom stereocenters. The van der Waals surface area contributed by atoms with Crippen molar-refractivity contribution < 1.29 is 13.5 Å². The van der Waals surface area contributed by atoms with Gasteiger partial charge in [-0.1, -0.05) is 0 Å². The molecule has 0 aliphatic heterocycles. The fourth-order valence-electron chi connectivity index (χ4n) is 0.393. The van der Waals surface area contributed by atoms with E-state index in [1.54, 1.807) is 0 Å². The average molecular weight is 139 g/mol. The molecule has 0 heterocycles. The Hall–Kier alpha value is -0.220. The molecule has 0 aromatic heterocycles. The quantitative estimate of drug-likeness (QED) is 0.632. The molecular weight excluding hydrogens is 128 g/mol. The van der Waals surface area contributed by atoms with Gasteiger partial charge in [0.15, 0.2) is 0 Å². The average Bonchev–Trinajstić information content (AvgIpc) is 1.63. The Bertz CT molecular complexity index is 85.0. The SMILES string of the molecule is CC(C)OC(F)(F)CN. The molecule has 0 spiro atoms. The Balaban J connectivity index is 3.58. The molecule has 2 nitrogen and oxygen atoms in total. The standard InChI is InChI=1S/C5H11F2NO/c1-4(2)9-5(6,7)3-8/h4H,3,8H2,1-2H3. The Morgan fingerprint density at radius 2 is 2.00 bits per heavy atom. The van der Waals surface area contributed by atoms with Crippen LogP contribution < -0.4 is 5.73 Å². The molecule has 0 atom stereocenters. The molecule has 0 fully saturated rings. The number of nitrogens with two attached hydrogens (primary N) is 1. The number of halogens is 2. The molecule has 0 bridgehead atoms. The van der Waals surface area contributed by atoms with Crippen molar-refractivity contribution >= 4 is 0 Å². The summed E-state index contributed by atoms with van der Waals surface area (Å²) in [6.07, 6.45) is -3.64. The van der Waals surface area contributed by atoms with Crippen LogP contribution in [0.1, 0.15) is 13.8 Å². The van der Waals surface area contributed by atoms with Crippen molar-refractivity contribution in [2.45, 2.75) is 26.1 Å². The summed E-state index contributed by atoms with van der Waals surface area (Å²) in [4.78, 5) is 0. The largest absolute Gasteiger partial charge is 0.368 e. The van der Waals surface area contributed by atoms with E-state index in [2.05, 4.69) is 10.5 Å². The van der Waals surface area contributed by atoms with E-state index < -0.39 is 18.8 Å². The highest BCUT2D eigenvalue weighted by Gasteiger charge is 2.28. The first-order valence-corrected chi connectivity index (χ1v) is 2.73. The van der Waals surface area contributed by atoms with Crippen LogP contribution in [0.5, 0.6) is 0 Å². The number of alkyl halides is 2. The predicted octanol–water partition coefficient (Wildman–Crippen LogP) is 0.963. The van der Waals surface area contributed by atoms with Gasteiger partial charge in [0.2, 0.25) is 0 Å². The van der Waals surface area contributed by atoms with Gasteiger partial charge in [-0.15, -0.1) is 0 Å². The maximum Gasteiger partial charge on any atom is 0.368 e. The third-order valence-corrected chi connectivity index (χ3v) is 0.646. The highest BCUT2D eigenvalue weighted by atomic mass is 19.3. The van der Waals surface area contributed by atoms with Crippen molar-refractivity contribution in [2.24, 2.45) is 5.73 Å². The van der Waals surface area contributed by atoms with Gasteiger partial charge in [0, 0.05) is 0 Å². The van der Waals surface area contributed by atoms with Gasteiger partial charge in [-0.3, -0.25) is 0 Å². The third-order valence-electron chi connectivity index (χ3n) is 0.646. The molecule has 56 valence electrons. The van der Waals surface area contributed by atoms with Gasteiger partial charge in [-0.25, -0.2) is 0 Å². The lowest BCUT2D eigenvalue weighted by molar-refractivity contribution is -0.248. The van der Waals surface area contributed by atoms with Crippen LogP contribution in [0.2, 0.25) is 0 Å². The Morgan fingerprint density at radius 3 is 2.11 bits per heavy atom. The van der Waals surface area contributed by atoms with Crippen LogP contribution in [-0.4, -0.2) is 18.8 Å². The molecule has 0 saturated carbocycles. The summed E-state index contributed by atoms with van der Waals surface area (Å²) in [5, 5.41) is 0. The van der Waals surface area contributed by atoms with Crippen molar-refractivity contribution in [1.29, 1.82) is 0 Å². The van der Waals surface area contributed by atoms with E-state index in [0.717, 1.165) is 0 Å². The van der Waals surface area contributed by atoms with Gasteiger partial charge in [-0.05, 0) is 13.8 Å². The minimum Gasteiger partial charge on any atom is -0.323 e. The molecule has 0 rings (SSSR count). The summed E-state index contributed by atoms with van der Waals surface area (Å²) in [6.45, 7) is 2.30. The number of hydrogen-bond donors (Lipinski definition) is 1. The van der Waals surface area contributed by atoms with Crippen molar-refractivity contribution in [3.8, 4) is 0 Å². The van der Waals surface area contributed by atoms with E-state index >= 15 is 0 Å². The normalized spacial score (nSPS) is 12.7. The van der Waals surface area contributed by atoms with E-state index in [1.807, 2.05) is 0 Å². The number of hydrogen-bond acceptors (Lipinski definition) is 2. The predicted molar refractivity (Wildman–Crippen MR) is 30.2 cm³/mol. The molecule has 0 radical (unpaired) electrons. The van der Waals surface area contributed by atoms with Gasteiger partial charge in [0.25, 0.3) is 0 Å². The van der Waals surface area contributed by atoms with Crippen molar-refractivity contribution in [1.82, 2.24) is 0 Å². The minimum absolute atomic E-state index is 0.483. The van der Waals surface area contributed by atoms with E-state index in [4.69, 9.17) is 0 Å². The summed E-state index contributed by atoms with van der Waals surface area (Å²) in [7, 11) is 0. The highest BCUT2D eigenvalue weighted by Crippen LogP contribution is 2.14. The topological polar surface area (TPSA) is 35.2 Å². The maximum atomic E-state index is 12.1. The summed E-state index contributed by atoms with van der Waals surface area (Å²) in [6, 6.07) is 0. The lowest BCUT2D eigenvalue weighted by atomic mass is 10.5. The summed E-state index contributed by atoms with van der Waals surface area (Å²) in [5.41, 5.74) is 4.68. The molecular formula is C5H11F2NO. The molecule has 9 heavy (non-hydrogen) atoms. The second kappa shape index (κ2) is 3.08. The minimum atomic E-state index is -3.16. The van der Waals surface area contributed by atoms with Crippen LogP contribution >= 0.6 is 0 Å². The zero-order valence-electron chi connectivity index (χ0n) is 5.53. The fraction of sp³-hybridized carbons (Fsp3) is 1.00. The molecule has 0 aliphatic rings. The second-order valence-electron chi connectivity index (χ2n) is 2.01. The maximum absolute atomic E-state index is 12.1. The third kappa shape index (κ3) is 4.29. The van der Waals surface area contributed by atoms with Crippen LogP contribution in [0.4, 0.5) is 8.78 Å². The summed E-state index contributed by atoms with van der Waals surface area (Å²) < 4.78 is 28.2. The molecule has 0 aromatic carbocycles. The Morgan fingerprint density at radius 1 is 1.56 bits per heavy atom. The first-order valence-electron chi connectivity index (χ1n) is 2.73. The van der Waals surface area contributed by atoms with Crippen LogP contribution in [0.15, 0.2) is 0 Å². The van der Waals surface area contributed by atoms with Gasteiger partial charge >= 0.3 is 6.11 Å². The fourth-order valence-corrected chi connectivity index (χ4v) is 0.393. The Kier molecular flexibility index (Phi) is 3.00. The summed E-state index contributed by atoms with van der Waals surface area (Å²) in [5.74, 6) is 0. The van der Waals surface area contributed by atoms with Gasteiger partial charge < -0.3 is 10.5 Å². The first-order chi connectivity index (χ1) is 3.98. The van der Waals surface area contributed by atoms with Gasteiger partial charge in [0.1, 0.15) is 0 Å². The van der Waals surface area contributed by atoms with Crippen molar-refractivity contribution in [3.05, 3.63) is 0 Å². The second-order valence-corrected chi connectivity index (χ2v) is 2.01. The zero-order valence-corrected chi connectivity index (χ0v) is 5.53. The van der Waals surface area contributed by atoms with E-state index in [0.29, 0.717) is 0 Å². The number of ether oxygens (including phenoxy) is 1. The lowest BCUT2D eigenvalue weighted by Crippen LogP contribution is -2.33. The molecule has 2 N–H and O–H groups in total. The van der Waals surface area contributed by atoms with E-state index in [-0.39, 0.29) is 0 Å². The van der Waals surface area contributed by atoms with Crippen LogP contribution in [0.3, 0.4) is 0 Å². The van der Waals surface area contributed by atoms with Gasteiger partial charge in [0.05, 0.1) is 12.6 Å². The van der Waals surface area contributed by atoms with Crippen molar-refractivity contribution in [2.75, 3.05) is 6.54 Å². The van der Waals surface area contributed by atoms with Crippen LogP contribution in [0.25, 0.3) is 0 Å². The molecule has 0 aliphatic carbocycles. The van der Waals surface area contributed by atoms with Crippen LogP contribution in [0, 0.1) is 0 Å².